The highest BCUT2D eigenvalue weighted by molar-refractivity contribution is 5.53. The Morgan fingerprint density at radius 1 is 1.09 bits per heavy atom. The van der Waals surface area contributed by atoms with Gasteiger partial charge in [-0.2, -0.15) is 0 Å². The SMILES string of the molecule is CCCCCCCCOc1c(C)cc2c(c1C)CCC(C)(C)O2. The van der Waals surface area contributed by atoms with Gasteiger partial charge in [0.2, 0.25) is 0 Å². The van der Waals surface area contributed by atoms with E-state index in [0.29, 0.717) is 0 Å². The fourth-order valence-electron chi connectivity index (χ4n) is 3.42. The third kappa shape index (κ3) is 4.89. The minimum absolute atomic E-state index is 0.0489. The van der Waals surface area contributed by atoms with Gasteiger partial charge in [-0.05, 0) is 64.2 Å². The zero-order valence-corrected chi connectivity index (χ0v) is 15.8. The molecule has 0 fully saturated rings. The molecule has 1 heterocycles. The first-order chi connectivity index (χ1) is 10.9. The molecule has 0 radical (unpaired) electrons. The maximum atomic E-state index is 6.16. The van der Waals surface area contributed by atoms with Crippen LogP contribution in [0.25, 0.3) is 0 Å². The van der Waals surface area contributed by atoms with E-state index in [0.717, 1.165) is 37.4 Å². The van der Waals surface area contributed by atoms with Crippen molar-refractivity contribution in [2.24, 2.45) is 0 Å². The second-order valence-electron chi connectivity index (χ2n) is 7.60. The summed E-state index contributed by atoms with van der Waals surface area (Å²) in [6.45, 7) is 11.8. The predicted molar refractivity (Wildman–Crippen MR) is 97.8 cm³/mol. The summed E-state index contributed by atoms with van der Waals surface area (Å²) >= 11 is 0. The average molecular weight is 319 g/mol. The van der Waals surface area contributed by atoms with Crippen molar-refractivity contribution in [1.29, 1.82) is 0 Å². The van der Waals surface area contributed by atoms with Crippen molar-refractivity contribution in [1.82, 2.24) is 0 Å². The molecule has 0 saturated carbocycles. The van der Waals surface area contributed by atoms with Crippen molar-refractivity contribution in [2.45, 2.75) is 91.6 Å². The van der Waals surface area contributed by atoms with Gasteiger partial charge in [-0.3, -0.25) is 0 Å². The molecular weight excluding hydrogens is 284 g/mol. The molecule has 2 heteroatoms. The molecule has 0 unspecified atom stereocenters. The lowest BCUT2D eigenvalue weighted by molar-refractivity contribution is 0.0841. The molecule has 0 aromatic heterocycles. The van der Waals surface area contributed by atoms with Crippen molar-refractivity contribution in [2.75, 3.05) is 6.61 Å². The number of unbranched alkanes of at least 4 members (excludes halogenated alkanes) is 5. The van der Waals surface area contributed by atoms with Crippen LogP contribution in [0, 0.1) is 13.8 Å². The van der Waals surface area contributed by atoms with E-state index >= 15 is 0 Å². The quantitative estimate of drug-likeness (QED) is 0.535. The summed E-state index contributed by atoms with van der Waals surface area (Å²) < 4.78 is 12.3. The molecule has 130 valence electrons. The molecule has 0 atom stereocenters. The Bertz CT molecular complexity index is 517. The molecule has 2 nitrogen and oxygen atoms in total. The highest BCUT2D eigenvalue weighted by Crippen LogP contribution is 2.40. The molecule has 2 rings (SSSR count). The molecular formula is C21H34O2. The molecule has 23 heavy (non-hydrogen) atoms. The zero-order chi connectivity index (χ0) is 16.9. The van der Waals surface area contributed by atoms with Crippen molar-refractivity contribution in [3.63, 3.8) is 0 Å². The van der Waals surface area contributed by atoms with Gasteiger partial charge < -0.3 is 9.47 Å². The minimum atomic E-state index is -0.0489. The van der Waals surface area contributed by atoms with Gasteiger partial charge in [-0.25, -0.2) is 0 Å². The van der Waals surface area contributed by atoms with E-state index < -0.39 is 0 Å². The van der Waals surface area contributed by atoms with Crippen molar-refractivity contribution < 1.29 is 9.47 Å². The largest absolute Gasteiger partial charge is 0.493 e. The highest BCUT2D eigenvalue weighted by Gasteiger charge is 2.29. The van der Waals surface area contributed by atoms with Crippen molar-refractivity contribution in [3.8, 4) is 11.5 Å². The molecule has 0 aliphatic carbocycles. The normalized spacial score (nSPS) is 15.9. The van der Waals surface area contributed by atoms with Crippen LogP contribution in [0.15, 0.2) is 6.07 Å². The lowest BCUT2D eigenvalue weighted by atomic mass is 9.90. The average Bonchev–Trinajstić information content (AvgIpc) is 2.48. The molecule has 0 saturated heterocycles. The van der Waals surface area contributed by atoms with Gasteiger partial charge in [-0.1, -0.05) is 39.0 Å². The van der Waals surface area contributed by atoms with E-state index in [2.05, 4.69) is 40.7 Å². The lowest BCUT2D eigenvalue weighted by Crippen LogP contribution is -2.33. The van der Waals surface area contributed by atoms with E-state index in [1.54, 1.807) is 0 Å². The maximum absolute atomic E-state index is 6.16. The van der Waals surface area contributed by atoms with Crippen LogP contribution in [-0.4, -0.2) is 12.2 Å². The van der Waals surface area contributed by atoms with Crippen LogP contribution in [0.4, 0.5) is 0 Å². The molecule has 0 bridgehead atoms. The Kier molecular flexibility index (Phi) is 6.38. The van der Waals surface area contributed by atoms with Crippen LogP contribution in [0.3, 0.4) is 0 Å². The Balaban J connectivity index is 1.93. The number of hydrogen-bond acceptors (Lipinski definition) is 2. The Morgan fingerprint density at radius 3 is 2.52 bits per heavy atom. The second-order valence-corrected chi connectivity index (χ2v) is 7.60. The first-order valence-corrected chi connectivity index (χ1v) is 9.39. The first-order valence-electron chi connectivity index (χ1n) is 9.39. The predicted octanol–water partition coefficient (Wildman–Crippen LogP) is 6.15. The molecule has 0 amide bonds. The van der Waals surface area contributed by atoms with Crippen LogP contribution >= 0.6 is 0 Å². The second kappa shape index (κ2) is 8.08. The summed E-state index contributed by atoms with van der Waals surface area (Å²) in [7, 11) is 0. The molecule has 0 N–H and O–H groups in total. The summed E-state index contributed by atoms with van der Waals surface area (Å²) in [5.74, 6) is 2.14. The fourth-order valence-corrected chi connectivity index (χ4v) is 3.42. The van der Waals surface area contributed by atoms with E-state index in [4.69, 9.17) is 9.47 Å². The van der Waals surface area contributed by atoms with Gasteiger partial charge in [0.15, 0.2) is 0 Å². The monoisotopic (exact) mass is 318 g/mol. The van der Waals surface area contributed by atoms with E-state index in [1.165, 1.54) is 48.8 Å². The van der Waals surface area contributed by atoms with Crippen LogP contribution in [0.5, 0.6) is 11.5 Å². The van der Waals surface area contributed by atoms with Crippen LogP contribution in [0.1, 0.15) is 82.4 Å². The summed E-state index contributed by atoms with van der Waals surface area (Å²) in [5.41, 5.74) is 3.77. The number of benzene rings is 1. The molecule has 1 aromatic carbocycles. The molecule has 0 spiro atoms. The van der Waals surface area contributed by atoms with Gasteiger partial charge in [-0.15, -0.1) is 0 Å². The van der Waals surface area contributed by atoms with E-state index in [1.807, 2.05) is 0 Å². The first kappa shape index (κ1) is 18.2. The standard InChI is InChI=1S/C21H34O2/c1-6-7-8-9-10-11-14-22-20-16(2)15-19-18(17(20)3)12-13-21(4,5)23-19/h15H,6-14H2,1-5H3. The topological polar surface area (TPSA) is 18.5 Å². The van der Waals surface area contributed by atoms with Crippen LogP contribution in [0.2, 0.25) is 0 Å². The van der Waals surface area contributed by atoms with Crippen molar-refractivity contribution in [3.05, 3.63) is 22.8 Å². The summed E-state index contributed by atoms with van der Waals surface area (Å²) in [6, 6.07) is 2.17. The van der Waals surface area contributed by atoms with Gasteiger partial charge in [0.05, 0.1) is 6.61 Å². The van der Waals surface area contributed by atoms with Gasteiger partial charge in [0.1, 0.15) is 17.1 Å². The summed E-state index contributed by atoms with van der Waals surface area (Å²) in [6.07, 6.45) is 9.96. The third-order valence-corrected chi connectivity index (χ3v) is 4.90. The minimum Gasteiger partial charge on any atom is -0.493 e. The van der Waals surface area contributed by atoms with Crippen LogP contribution < -0.4 is 9.47 Å². The van der Waals surface area contributed by atoms with Gasteiger partial charge >= 0.3 is 0 Å². The molecule has 1 aliphatic heterocycles. The Labute approximate surface area is 142 Å². The van der Waals surface area contributed by atoms with Gasteiger partial charge in [0.25, 0.3) is 0 Å². The highest BCUT2D eigenvalue weighted by atomic mass is 16.5. The number of ether oxygens (including phenoxy) is 2. The van der Waals surface area contributed by atoms with Gasteiger partial charge in [0, 0.05) is 5.56 Å². The summed E-state index contributed by atoms with van der Waals surface area (Å²) in [5, 5.41) is 0. The zero-order valence-electron chi connectivity index (χ0n) is 15.8. The van der Waals surface area contributed by atoms with E-state index in [9.17, 15) is 0 Å². The maximum Gasteiger partial charge on any atom is 0.125 e. The fraction of sp³-hybridized carbons (Fsp3) is 0.714. The Hall–Kier alpha value is -1.18. The third-order valence-electron chi connectivity index (χ3n) is 4.90. The number of fused-ring (bicyclic) bond motifs is 1. The number of hydrogen-bond donors (Lipinski definition) is 0. The summed E-state index contributed by atoms with van der Waals surface area (Å²) in [4.78, 5) is 0. The molecule has 1 aliphatic rings. The molecule has 1 aromatic rings. The van der Waals surface area contributed by atoms with Crippen LogP contribution in [-0.2, 0) is 6.42 Å². The number of aryl methyl sites for hydroxylation is 1. The Morgan fingerprint density at radius 2 is 1.78 bits per heavy atom. The smallest absolute Gasteiger partial charge is 0.125 e. The van der Waals surface area contributed by atoms with Crippen molar-refractivity contribution >= 4 is 0 Å². The number of rotatable bonds is 8. The van der Waals surface area contributed by atoms with E-state index in [-0.39, 0.29) is 5.60 Å². The lowest BCUT2D eigenvalue weighted by Gasteiger charge is -2.34.